The number of fused-ring (bicyclic) bond motifs is 2. The Morgan fingerprint density at radius 1 is 1.03 bits per heavy atom. The van der Waals surface area contributed by atoms with E-state index in [0.717, 1.165) is 22.4 Å². The van der Waals surface area contributed by atoms with E-state index in [-0.39, 0.29) is 11.6 Å². The van der Waals surface area contributed by atoms with Crippen molar-refractivity contribution >= 4 is 33.6 Å². The number of aryl methyl sites for hydroxylation is 3. The molecule has 3 aromatic heterocycles. The van der Waals surface area contributed by atoms with E-state index in [1.54, 1.807) is 6.33 Å². The summed E-state index contributed by atoms with van der Waals surface area (Å²) in [6, 6.07) is 11.4. The van der Waals surface area contributed by atoms with Gasteiger partial charge in [-0.1, -0.05) is 29.8 Å². The van der Waals surface area contributed by atoms with Crippen LogP contribution in [0.1, 0.15) is 35.5 Å². The minimum absolute atomic E-state index is 0.156. The summed E-state index contributed by atoms with van der Waals surface area (Å²) in [5, 5.41) is 3.95. The van der Waals surface area contributed by atoms with Gasteiger partial charge in [-0.25, -0.2) is 24.6 Å². The predicted octanol–water partition coefficient (Wildman–Crippen LogP) is 4.04. The van der Waals surface area contributed by atoms with E-state index >= 15 is 0 Å². The minimum atomic E-state index is -0.359. The number of benzene rings is 2. The fraction of sp³-hybridized carbons (Fsp3) is 0.208. The molecular formula is C24H24N8O. The fourth-order valence-corrected chi connectivity index (χ4v) is 4.02. The van der Waals surface area contributed by atoms with Gasteiger partial charge in [0, 0.05) is 0 Å². The zero-order chi connectivity index (χ0) is 23.1. The van der Waals surface area contributed by atoms with Gasteiger partial charge in [-0.2, -0.15) is 0 Å². The van der Waals surface area contributed by atoms with E-state index < -0.39 is 0 Å². The number of hydrogen-bond donors (Lipinski definition) is 3. The first-order valence-electron chi connectivity index (χ1n) is 10.7. The molecule has 2 aromatic carbocycles. The third kappa shape index (κ3) is 3.67. The zero-order valence-corrected chi connectivity index (χ0v) is 18.8. The van der Waals surface area contributed by atoms with Gasteiger partial charge in [0.05, 0.1) is 29.0 Å². The van der Waals surface area contributed by atoms with Crippen LogP contribution in [0.4, 0.5) is 11.5 Å². The predicted molar refractivity (Wildman–Crippen MR) is 129 cm³/mol. The molecule has 0 radical (unpaired) electrons. The Bertz CT molecular complexity index is 1550. The van der Waals surface area contributed by atoms with Crippen LogP contribution >= 0.6 is 0 Å². The molecule has 0 saturated carbocycles. The van der Waals surface area contributed by atoms with Crippen molar-refractivity contribution in [2.24, 2.45) is 0 Å². The molecule has 9 nitrogen and oxygen atoms in total. The first-order valence-corrected chi connectivity index (χ1v) is 10.7. The van der Waals surface area contributed by atoms with Gasteiger partial charge in [0.15, 0.2) is 17.3 Å². The topological polar surface area (TPSA) is 113 Å². The molecule has 0 spiro atoms. The Hall–Kier alpha value is -4.27. The highest BCUT2D eigenvalue weighted by molar-refractivity contribution is 5.83. The minimum Gasteiger partial charge on any atom is -0.358 e. The van der Waals surface area contributed by atoms with Crippen LogP contribution < -0.4 is 16.3 Å². The monoisotopic (exact) mass is 440 g/mol. The Labute approximate surface area is 189 Å². The van der Waals surface area contributed by atoms with Crippen LogP contribution in [0.2, 0.25) is 0 Å². The second-order valence-electron chi connectivity index (χ2n) is 8.20. The summed E-state index contributed by atoms with van der Waals surface area (Å²) in [4.78, 5) is 34.3. The average molecular weight is 441 g/mol. The lowest BCUT2D eigenvalue weighted by Crippen LogP contribution is -2.33. The van der Waals surface area contributed by atoms with Crippen LogP contribution in [-0.4, -0.2) is 29.6 Å². The Balaban J connectivity index is 1.65. The van der Waals surface area contributed by atoms with Crippen LogP contribution in [0.15, 0.2) is 53.8 Å². The lowest BCUT2D eigenvalue weighted by atomic mass is 10.1. The normalized spacial score (nSPS) is 12.2. The van der Waals surface area contributed by atoms with Gasteiger partial charge < -0.3 is 10.3 Å². The number of nitrogens with zero attached hydrogens (tertiary/aromatic N) is 5. The lowest BCUT2D eigenvalue weighted by molar-refractivity contribution is 0.700. The molecule has 5 aromatic rings. The maximum Gasteiger partial charge on any atom is 0.280 e. The van der Waals surface area contributed by atoms with Crippen LogP contribution in [0.5, 0.6) is 0 Å². The second-order valence-corrected chi connectivity index (χ2v) is 8.20. The van der Waals surface area contributed by atoms with Gasteiger partial charge >= 0.3 is 0 Å². The summed E-state index contributed by atoms with van der Waals surface area (Å²) in [7, 11) is 0. The van der Waals surface area contributed by atoms with Gasteiger partial charge in [0.25, 0.3) is 5.56 Å². The number of anilines is 2. The number of aromatic amines is 1. The Kier molecular flexibility index (Phi) is 5.01. The molecule has 166 valence electrons. The van der Waals surface area contributed by atoms with Crippen LogP contribution in [0.3, 0.4) is 0 Å². The smallest absolute Gasteiger partial charge is 0.280 e. The summed E-state index contributed by atoms with van der Waals surface area (Å²) >= 11 is 0. The van der Waals surface area contributed by atoms with E-state index in [0.29, 0.717) is 33.7 Å². The van der Waals surface area contributed by atoms with Crippen molar-refractivity contribution < 1.29 is 0 Å². The van der Waals surface area contributed by atoms with E-state index in [2.05, 4.69) is 36.7 Å². The molecule has 33 heavy (non-hydrogen) atoms. The molecular weight excluding hydrogens is 416 g/mol. The molecule has 9 heteroatoms. The third-order valence-electron chi connectivity index (χ3n) is 5.71. The average Bonchev–Trinajstić information content (AvgIpc) is 3.27. The summed E-state index contributed by atoms with van der Waals surface area (Å²) in [6.45, 7) is 7.91. The van der Waals surface area contributed by atoms with Crippen molar-refractivity contribution in [1.82, 2.24) is 29.6 Å². The molecule has 0 aliphatic carbocycles. The van der Waals surface area contributed by atoms with Gasteiger partial charge in [0.2, 0.25) is 0 Å². The lowest BCUT2D eigenvalue weighted by Gasteiger charge is -2.22. The van der Waals surface area contributed by atoms with E-state index in [1.807, 2.05) is 58.0 Å². The highest BCUT2D eigenvalue weighted by Crippen LogP contribution is 2.24. The van der Waals surface area contributed by atoms with E-state index in [4.69, 9.17) is 4.98 Å². The quantitative estimate of drug-likeness (QED) is 0.378. The second kappa shape index (κ2) is 8.01. The molecule has 5 rings (SSSR count). The summed E-state index contributed by atoms with van der Waals surface area (Å²) < 4.78 is 1.52. The molecule has 3 N–H and O–H groups in total. The molecule has 1 unspecified atom stereocenters. The summed E-state index contributed by atoms with van der Waals surface area (Å²) in [5.41, 5.74) is 8.95. The number of imidazole rings is 1. The zero-order valence-electron chi connectivity index (χ0n) is 18.8. The highest BCUT2D eigenvalue weighted by Gasteiger charge is 2.20. The van der Waals surface area contributed by atoms with Gasteiger partial charge in [-0.15, -0.1) is 0 Å². The van der Waals surface area contributed by atoms with Crippen LogP contribution in [-0.2, 0) is 0 Å². The molecule has 3 heterocycles. The number of H-pyrrole nitrogens is 1. The molecule has 0 aliphatic heterocycles. The summed E-state index contributed by atoms with van der Waals surface area (Å²) in [6.07, 6.45) is 3.03. The van der Waals surface area contributed by atoms with Gasteiger partial charge in [0.1, 0.15) is 11.8 Å². The molecule has 1 atom stereocenters. The first-order chi connectivity index (χ1) is 15.9. The van der Waals surface area contributed by atoms with Crippen LogP contribution in [0, 0.1) is 20.8 Å². The molecule has 0 bridgehead atoms. The van der Waals surface area contributed by atoms with Crippen molar-refractivity contribution in [2.45, 2.75) is 33.7 Å². The fourth-order valence-electron chi connectivity index (χ4n) is 4.02. The first kappa shape index (κ1) is 20.6. The van der Waals surface area contributed by atoms with Crippen molar-refractivity contribution in [1.29, 1.82) is 0 Å². The highest BCUT2D eigenvalue weighted by atomic mass is 16.1. The molecule has 0 amide bonds. The van der Waals surface area contributed by atoms with Crippen molar-refractivity contribution in [3.8, 4) is 0 Å². The molecule has 0 saturated heterocycles. The number of rotatable bonds is 5. The van der Waals surface area contributed by atoms with Crippen molar-refractivity contribution in [2.75, 3.05) is 10.7 Å². The summed E-state index contributed by atoms with van der Waals surface area (Å²) in [5.74, 6) is 1.12. The van der Waals surface area contributed by atoms with E-state index in [9.17, 15) is 4.79 Å². The molecule has 0 aliphatic rings. The number of hydrogen-bond acceptors (Lipinski definition) is 7. The largest absolute Gasteiger partial charge is 0.358 e. The van der Waals surface area contributed by atoms with Crippen molar-refractivity contribution in [3.05, 3.63) is 81.9 Å². The Morgan fingerprint density at radius 3 is 2.70 bits per heavy atom. The van der Waals surface area contributed by atoms with Gasteiger partial charge in [-0.05, 0) is 51.0 Å². The maximum atomic E-state index is 13.7. The third-order valence-corrected chi connectivity index (χ3v) is 5.71. The Morgan fingerprint density at radius 2 is 1.88 bits per heavy atom. The van der Waals surface area contributed by atoms with Crippen LogP contribution in [0.25, 0.3) is 22.1 Å². The maximum absolute atomic E-state index is 13.7. The van der Waals surface area contributed by atoms with Gasteiger partial charge in [-0.3, -0.25) is 10.2 Å². The van der Waals surface area contributed by atoms with E-state index in [1.165, 1.54) is 11.0 Å². The number of nitrogens with one attached hydrogen (secondary N) is 3. The van der Waals surface area contributed by atoms with Crippen molar-refractivity contribution in [3.63, 3.8) is 0 Å². The SMILES string of the molecule is Cc1ccc(Nn2c(C(C)Nc3ncnc4nc[nH]c34)nc3cccc(C)c3c2=O)c(C)c1. The molecule has 0 fully saturated rings. The number of aromatic nitrogens is 6. The standard InChI is InChI=1S/C24H24N8O/c1-13-8-9-17(15(3)10-13)31-32-23(30-18-7-5-6-14(2)19(18)24(32)33)16(4)29-22-20-21(26-11-25-20)27-12-28-22/h5-12,16,31H,1-4H3,(H2,25,26,27,28,29).